The predicted octanol–water partition coefficient (Wildman–Crippen LogP) is 3.70. The molecule has 0 bridgehead atoms. The molecule has 0 spiro atoms. The number of benzene rings is 1. The maximum atomic E-state index is 11.8. The van der Waals surface area contributed by atoms with Gasteiger partial charge in [0.25, 0.3) is 0 Å². The van der Waals surface area contributed by atoms with Crippen molar-refractivity contribution in [3.8, 4) is 11.1 Å². The molecule has 1 aliphatic heterocycles. The quantitative estimate of drug-likeness (QED) is 0.694. The minimum absolute atomic E-state index is 0.229. The first-order valence-corrected chi connectivity index (χ1v) is 11.8. The van der Waals surface area contributed by atoms with E-state index < -0.39 is 10.0 Å². The highest BCUT2D eigenvalue weighted by Gasteiger charge is 2.25. The Morgan fingerprint density at radius 3 is 2.55 bits per heavy atom. The molecule has 3 heterocycles. The summed E-state index contributed by atoms with van der Waals surface area (Å²) in [6.07, 6.45) is 9.38. The van der Waals surface area contributed by atoms with Gasteiger partial charge in [-0.3, -0.25) is 9.97 Å². The van der Waals surface area contributed by atoms with E-state index in [-0.39, 0.29) is 6.04 Å². The van der Waals surface area contributed by atoms with Crippen molar-refractivity contribution in [3.63, 3.8) is 0 Å². The van der Waals surface area contributed by atoms with Crippen molar-refractivity contribution in [3.05, 3.63) is 54.6 Å². The van der Waals surface area contributed by atoms with Crippen molar-refractivity contribution in [1.29, 1.82) is 0 Å². The molecule has 0 radical (unpaired) electrons. The second-order valence-corrected chi connectivity index (χ2v) is 9.58. The molecule has 3 aromatic rings. The molecule has 7 heteroatoms. The number of piperidine rings is 1. The normalized spacial score (nSPS) is 16.2. The van der Waals surface area contributed by atoms with E-state index in [1.165, 1.54) is 6.26 Å². The Balaban J connectivity index is 1.63. The number of fused-ring (bicyclic) bond motifs is 1. The maximum absolute atomic E-state index is 11.8. The van der Waals surface area contributed by atoms with Crippen molar-refractivity contribution in [1.82, 2.24) is 14.3 Å². The molecular formula is C22H26N4O2S. The topological polar surface area (TPSA) is 75.2 Å². The van der Waals surface area contributed by atoms with Crippen LogP contribution in [0.25, 0.3) is 21.9 Å². The predicted molar refractivity (Wildman–Crippen MR) is 117 cm³/mol. The van der Waals surface area contributed by atoms with Crippen LogP contribution in [0.2, 0.25) is 0 Å². The first-order valence-electron chi connectivity index (χ1n) is 9.99. The number of hydrogen-bond acceptors (Lipinski definition) is 5. The van der Waals surface area contributed by atoms with E-state index in [0.717, 1.165) is 52.5 Å². The second kappa shape index (κ2) is 8.08. The summed E-state index contributed by atoms with van der Waals surface area (Å²) < 4.78 is 25.1. The van der Waals surface area contributed by atoms with E-state index in [1.807, 2.05) is 18.5 Å². The number of pyridine rings is 2. The van der Waals surface area contributed by atoms with Gasteiger partial charge in [-0.25, -0.2) is 12.7 Å². The Morgan fingerprint density at radius 2 is 1.90 bits per heavy atom. The second-order valence-electron chi connectivity index (χ2n) is 7.59. The molecule has 1 fully saturated rings. The Bertz CT molecular complexity index is 1110. The fourth-order valence-electron chi connectivity index (χ4n) is 3.84. The number of nitrogens with one attached hydrogen (secondary N) is 1. The molecule has 1 aliphatic rings. The largest absolute Gasteiger partial charge is 0.382 e. The summed E-state index contributed by atoms with van der Waals surface area (Å²) in [5.41, 5.74) is 4.29. The van der Waals surface area contributed by atoms with Gasteiger partial charge in [0.05, 0.1) is 6.26 Å². The van der Waals surface area contributed by atoms with Gasteiger partial charge < -0.3 is 5.32 Å². The minimum atomic E-state index is -3.12. The van der Waals surface area contributed by atoms with Crippen LogP contribution in [-0.4, -0.2) is 48.1 Å². The van der Waals surface area contributed by atoms with Gasteiger partial charge in [-0.1, -0.05) is 13.0 Å². The van der Waals surface area contributed by atoms with Crippen LogP contribution in [0.5, 0.6) is 0 Å². The lowest BCUT2D eigenvalue weighted by atomic mass is 10.00. The third kappa shape index (κ3) is 4.41. The number of nitrogens with zero attached hydrogens (tertiary/aromatic N) is 3. The van der Waals surface area contributed by atoms with Crippen LogP contribution < -0.4 is 5.32 Å². The van der Waals surface area contributed by atoms with Crippen molar-refractivity contribution < 1.29 is 8.42 Å². The molecule has 6 nitrogen and oxygen atoms in total. The SMILES string of the molecule is CCc1ccc(-c2cc(NC3CCN(S(C)(=O)=O)CC3)c3cnccc3c2)cn1. The van der Waals surface area contributed by atoms with E-state index in [0.29, 0.717) is 13.1 Å². The number of aryl methyl sites for hydroxylation is 1. The van der Waals surface area contributed by atoms with Crippen LogP contribution >= 0.6 is 0 Å². The molecule has 2 aromatic heterocycles. The molecule has 1 saturated heterocycles. The molecule has 0 aliphatic carbocycles. The van der Waals surface area contributed by atoms with Gasteiger partial charge in [-0.15, -0.1) is 0 Å². The minimum Gasteiger partial charge on any atom is -0.382 e. The number of sulfonamides is 1. The smallest absolute Gasteiger partial charge is 0.211 e. The molecule has 0 amide bonds. The number of anilines is 1. The van der Waals surface area contributed by atoms with E-state index in [1.54, 1.807) is 10.5 Å². The third-order valence-corrected chi connectivity index (χ3v) is 6.86. The van der Waals surface area contributed by atoms with Crippen LogP contribution in [0.3, 0.4) is 0 Å². The highest BCUT2D eigenvalue weighted by Crippen LogP contribution is 2.32. The summed E-state index contributed by atoms with van der Waals surface area (Å²) in [5, 5.41) is 5.83. The van der Waals surface area contributed by atoms with Crippen LogP contribution in [0.15, 0.2) is 48.9 Å². The molecule has 29 heavy (non-hydrogen) atoms. The average molecular weight is 411 g/mol. The summed E-state index contributed by atoms with van der Waals surface area (Å²) in [7, 11) is -3.12. The molecule has 0 atom stereocenters. The van der Waals surface area contributed by atoms with Gasteiger partial charge in [0.1, 0.15) is 0 Å². The summed E-state index contributed by atoms with van der Waals surface area (Å²) in [5.74, 6) is 0. The summed E-state index contributed by atoms with van der Waals surface area (Å²) in [6.45, 7) is 3.20. The monoisotopic (exact) mass is 410 g/mol. The Labute approximate surface area is 172 Å². The van der Waals surface area contributed by atoms with Crippen LogP contribution in [0.1, 0.15) is 25.5 Å². The van der Waals surface area contributed by atoms with Gasteiger partial charge in [-0.05, 0) is 54.5 Å². The van der Waals surface area contributed by atoms with Gasteiger partial charge in [0.15, 0.2) is 0 Å². The van der Waals surface area contributed by atoms with Crippen LogP contribution in [-0.2, 0) is 16.4 Å². The molecule has 1 aromatic carbocycles. The number of aromatic nitrogens is 2. The standard InChI is InChI=1S/C22H26N4O2S/c1-3-19-5-4-17(14-24-19)18-12-16-6-9-23-15-21(16)22(13-18)25-20-7-10-26(11-8-20)29(2,27)28/h4-6,9,12-15,20,25H,3,7-8,10-11H2,1-2H3. The zero-order valence-corrected chi connectivity index (χ0v) is 17.6. The summed E-state index contributed by atoms with van der Waals surface area (Å²) in [4.78, 5) is 8.83. The summed E-state index contributed by atoms with van der Waals surface area (Å²) >= 11 is 0. The molecule has 4 rings (SSSR count). The molecule has 1 N–H and O–H groups in total. The average Bonchev–Trinajstić information content (AvgIpc) is 2.73. The molecule has 152 valence electrons. The van der Waals surface area contributed by atoms with Gasteiger partial charge in [-0.2, -0.15) is 0 Å². The van der Waals surface area contributed by atoms with Crippen molar-refractivity contribution in [2.45, 2.75) is 32.2 Å². The highest BCUT2D eigenvalue weighted by atomic mass is 32.2. The summed E-state index contributed by atoms with van der Waals surface area (Å²) in [6, 6.07) is 10.7. The van der Waals surface area contributed by atoms with E-state index in [9.17, 15) is 8.42 Å². The van der Waals surface area contributed by atoms with E-state index in [4.69, 9.17) is 0 Å². The lowest BCUT2D eigenvalue weighted by Crippen LogP contribution is -2.41. The van der Waals surface area contributed by atoms with Crippen LogP contribution in [0, 0.1) is 0 Å². The Kier molecular flexibility index (Phi) is 5.52. The van der Waals surface area contributed by atoms with E-state index >= 15 is 0 Å². The van der Waals surface area contributed by atoms with Crippen molar-refractivity contribution in [2.24, 2.45) is 0 Å². The van der Waals surface area contributed by atoms with Crippen LogP contribution in [0.4, 0.5) is 5.69 Å². The Hall–Kier alpha value is -2.51. The number of rotatable bonds is 5. The first-order chi connectivity index (χ1) is 13.9. The van der Waals surface area contributed by atoms with E-state index in [2.05, 4.69) is 46.5 Å². The lowest BCUT2D eigenvalue weighted by Gasteiger charge is -2.31. The van der Waals surface area contributed by atoms with Gasteiger partial charge >= 0.3 is 0 Å². The fraction of sp³-hybridized carbons (Fsp3) is 0.364. The zero-order valence-electron chi connectivity index (χ0n) is 16.8. The highest BCUT2D eigenvalue weighted by molar-refractivity contribution is 7.88. The Morgan fingerprint density at radius 1 is 1.10 bits per heavy atom. The van der Waals surface area contributed by atoms with Gasteiger partial charge in [0, 0.05) is 60.1 Å². The molecule has 0 saturated carbocycles. The van der Waals surface area contributed by atoms with Gasteiger partial charge in [0.2, 0.25) is 10.0 Å². The number of hydrogen-bond donors (Lipinski definition) is 1. The lowest BCUT2D eigenvalue weighted by molar-refractivity contribution is 0.332. The molecular weight excluding hydrogens is 384 g/mol. The zero-order chi connectivity index (χ0) is 20.4. The van der Waals surface area contributed by atoms with Crippen molar-refractivity contribution >= 4 is 26.5 Å². The fourth-order valence-corrected chi connectivity index (χ4v) is 4.71. The third-order valence-electron chi connectivity index (χ3n) is 5.56. The van der Waals surface area contributed by atoms with Crippen molar-refractivity contribution in [2.75, 3.05) is 24.7 Å². The molecule has 0 unspecified atom stereocenters. The first kappa shape index (κ1) is 19.8. The maximum Gasteiger partial charge on any atom is 0.211 e.